The maximum atomic E-state index is 9.44. The monoisotopic (exact) mass is 349 g/mol. The van der Waals surface area contributed by atoms with Crippen molar-refractivity contribution < 1.29 is 14.6 Å². The van der Waals surface area contributed by atoms with E-state index in [0.29, 0.717) is 11.6 Å². The van der Waals surface area contributed by atoms with Crippen LogP contribution in [0.3, 0.4) is 0 Å². The van der Waals surface area contributed by atoms with E-state index in [1.807, 2.05) is 36.4 Å². The zero-order chi connectivity index (χ0) is 17.5. The SMILES string of the molecule is COc1ccc(C[C@H](C)NCc2c(Cl)cccc2CO)cc1OC. The van der Waals surface area contributed by atoms with Gasteiger partial charge in [0.2, 0.25) is 0 Å². The van der Waals surface area contributed by atoms with Crippen molar-refractivity contribution in [2.75, 3.05) is 14.2 Å². The van der Waals surface area contributed by atoms with Crippen LogP contribution in [0.5, 0.6) is 11.5 Å². The molecule has 2 aromatic rings. The van der Waals surface area contributed by atoms with E-state index in [1.165, 1.54) is 0 Å². The van der Waals surface area contributed by atoms with Crippen molar-refractivity contribution in [2.45, 2.75) is 32.5 Å². The molecule has 130 valence electrons. The number of hydrogen-bond acceptors (Lipinski definition) is 4. The van der Waals surface area contributed by atoms with E-state index in [0.717, 1.165) is 34.6 Å². The van der Waals surface area contributed by atoms with Gasteiger partial charge in [0.15, 0.2) is 11.5 Å². The van der Waals surface area contributed by atoms with Crippen LogP contribution in [-0.2, 0) is 19.6 Å². The van der Waals surface area contributed by atoms with Crippen LogP contribution in [0.4, 0.5) is 0 Å². The van der Waals surface area contributed by atoms with Crippen molar-refractivity contribution in [2.24, 2.45) is 0 Å². The van der Waals surface area contributed by atoms with Crippen molar-refractivity contribution in [3.8, 4) is 11.5 Å². The van der Waals surface area contributed by atoms with E-state index in [1.54, 1.807) is 14.2 Å². The lowest BCUT2D eigenvalue weighted by molar-refractivity contribution is 0.280. The third-order valence-corrected chi connectivity index (χ3v) is 4.36. The summed E-state index contributed by atoms with van der Waals surface area (Å²) in [7, 11) is 3.27. The number of aliphatic hydroxyl groups is 1. The van der Waals surface area contributed by atoms with Crippen molar-refractivity contribution >= 4 is 11.6 Å². The fourth-order valence-corrected chi connectivity index (χ4v) is 2.92. The van der Waals surface area contributed by atoms with Crippen molar-refractivity contribution in [1.29, 1.82) is 0 Å². The molecule has 5 heteroatoms. The van der Waals surface area contributed by atoms with Gasteiger partial charge >= 0.3 is 0 Å². The number of nitrogens with one attached hydrogen (secondary N) is 1. The average Bonchev–Trinajstić information content (AvgIpc) is 2.60. The van der Waals surface area contributed by atoms with E-state index < -0.39 is 0 Å². The van der Waals surface area contributed by atoms with E-state index in [-0.39, 0.29) is 12.6 Å². The minimum atomic E-state index is -0.0123. The molecule has 2 rings (SSSR count). The minimum Gasteiger partial charge on any atom is -0.493 e. The molecule has 0 aliphatic carbocycles. The summed E-state index contributed by atoms with van der Waals surface area (Å²) in [5.41, 5.74) is 2.96. The molecular weight excluding hydrogens is 326 g/mol. The molecule has 1 atom stereocenters. The quantitative estimate of drug-likeness (QED) is 0.765. The molecule has 2 N–H and O–H groups in total. The van der Waals surface area contributed by atoms with Crippen molar-refractivity contribution in [3.05, 3.63) is 58.1 Å². The average molecular weight is 350 g/mol. The van der Waals surface area contributed by atoms with Crippen LogP contribution in [0.25, 0.3) is 0 Å². The lowest BCUT2D eigenvalue weighted by Gasteiger charge is -2.17. The number of rotatable bonds is 8. The first-order valence-corrected chi connectivity index (χ1v) is 8.28. The van der Waals surface area contributed by atoms with E-state index >= 15 is 0 Å². The third-order valence-electron chi connectivity index (χ3n) is 4.00. The smallest absolute Gasteiger partial charge is 0.160 e. The van der Waals surface area contributed by atoms with Gasteiger partial charge in [0.05, 0.1) is 20.8 Å². The van der Waals surface area contributed by atoms with Crippen LogP contribution in [-0.4, -0.2) is 25.4 Å². The van der Waals surface area contributed by atoms with Crippen LogP contribution < -0.4 is 14.8 Å². The molecule has 0 aromatic heterocycles. The van der Waals surface area contributed by atoms with Gasteiger partial charge in [0.1, 0.15) is 0 Å². The summed E-state index contributed by atoms with van der Waals surface area (Å²) in [6, 6.07) is 11.8. The summed E-state index contributed by atoms with van der Waals surface area (Å²) in [5, 5.41) is 13.6. The van der Waals surface area contributed by atoms with Gasteiger partial charge < -0.3 is 19.9 Å². The van der Waals surface area contributed by atoms with Gasteiger partial charge in [-0.2, -0.15) is 0 Å². The van der Waals surface area contributed by atoms with Gasteiger partial charge in [-0.3, -0.25) is 0 Å². The fourth-order valence-electron chi connectivity index (χ4n) is 2.66. The third kappa shape index (κ3) is 4.63. The molecular formula is C19H24ClNO3. The number of hydrogen-bond donors (Lipinski definition) is 2. The maximum Gasteiger partial charge on any atom is 0.160 e. The molecule has 0 amide bonds. The predicted octanol–water partition coefficient (Wildman–Crippen LogP) is 3.57. The Kier molecular flexibility index (Phi) is 6.91. The Bertz CT molecular complexity index is 676. The number of methoxy groups -OCH3 is 2. The van der Waals surface area contributed by atoms with Crippen LogP contribution in [0, 0.1) is 0 Å². The van der Waals surface area contributed by atoms with Crippen LogP contribution in [0.15, 0.2) is 36.4 Å². The molecule has 4 nitrogen and oxygen atoms in total. The molecule has 24 heavy (non-hydrogen) atoms. The van der Waals surface area contributed by atoms with Crippen molar-refractivity contribution in [1.82, 2.24) is 5.32 Å². The molecule has 0 spiro atoms. The molecule has 0 radical (unpaired) electrons. The number of halogens is 1. The maximum absolute atomic E-state index is 9.44. The van der Waals surface area contributed by atoms with Gasteiger partial charge in [0, 0.05) is 17.6 Å². The lowest BCUT2D eigenvalue weighted by atomic mass is 10.0. The van der Waals surface area contributed by atoms with Crippen molar-refractivity contribution in [3.63, 3.8) is 0 Å². The van der Waals surface area contributed by atoms with Crippen LogP contribution in [0.2, 0.25) is 5.02 Å². The minimum absolute atomic E-state index is 0.0123. The van der Waals surface area contributed by atoms with Gasteiger partial charge in [-0.05, 0) is 48.2 Å². The Morgan fingerprint density at radius 2 is 1.88 bits per heavy atom. The highest BCUT2D eigenvalue weighted by Gasteiger charge is 2.10. The zero-order valence-corrected chi connectivity index (χ0v) is 15.1. The van der Waals surface area contributed by atoms with E-state index in [9.17, 15) is 5.11 Å². The Hall–Kier alpha value is -1.75. The normalized spacial score (nSPS) is 12.0. The summed E-state index contributed by atoms with van der Waals surface area (Å²) in [6.07, 6.45) is 0.846. The first-order valence-electron chi connectivity index (χ1n) is 7.90. The predicted molar refractivity (Wildman–Crippen MR) is 96.9 cm³/mol. The highest BCUT2D eigenvalue weighted by molar-refractivity contribution is 6.31. The second-order valence-corrected chi connectivity index (χ2v) is 6.12. The molecule has 0 fully saturated rings. The zero-order valence-electron chi connectivity index (χ0n) is 14.3. The lowest BCUT2D eigenvalue weighted by Crippen LogP contribution is -2.28. The molecule has 0 bridgehead atoms. The van der Waals surface area contributed by atoms with Crippen LogP contribution in [0.1, 0.15) is 23.6 Å². The Morgan fingerprint density at radius 3 is 2.54 bits per heavy atom. The summed E-state index contributed by atoms with van der Waals surface area (Å²) in [4.78, 5) is 0. The summed E-state index contributed by atoms with van der Waals surface area (Å²) < 4.78 is 10.6. The van der Waals surface area contributed by atoms with Crippen LogP contribution >= 0.6 is 11.6 Å². The molecule has 0 aliphatic heterocycles. The fraction of sp³-hybridized carbons (Fsp3) is 0.368. The standard InChI is InChI=1S/C19H24ClNO3/c1-13(9-14-7-8-18(23-2)19(10-14)24-3)21-11-16-15(12-22)5-4-6-17(16)20/h4-8,10,13,21-22H,9,11-12H2,1-3H3/t13-/m0/s1. The van der Waals surface area contributed by atoms with Gasteiger partial charge in [0.25, 0.3) is 0 Å². The Morgan fingerprint density at radius 1 is 1.12 bits per heavy atom. The summed E-state index contributed by atoms with van der Waals surface area (Å²) in [5.74, 6) is 1.46. The second kappa shape index (κ2) is 8.92. The molecule has 0 saturated carbocycles. The Balaban J connectivity index is 2.00. The first-order chi connectivity index (χ1) is 11.6. The topological polar surface area (TPSA) is 50.7 Å². The van der Waals surface area contributed by atoms with Gasteiger partial charge in [-0.15, -0.1) is 0 Å². The van der Waals surface area contributed by atoms with E-state index in [4.69, 9.17) is 21.1 Å². The molecule has 0 unspecified atom stereocenters. The van der Waals surface area contributed by atoms with Gasteiger partial charge in [-0.25, -0.2) is 0 Å². The highest BCUT2D eigenvalue weighted by atomic mass is 35.5. The summed E-state index contributed by atoms with van der Waals surface area (Å²) in [6.45, 7) is 2.72. The van der Waals surface area contributed by atoms with E-state index in [2.05, 4.69) is 12.2 Å². The highest BCUT2D eigenvalue weighted by Crippen LogP contribution is 2.28. The Labute approximate surface area is 148 Å². The molecule has 0 heterocycles. The second-order valence-electron chi connectivity index (χ2n) is 5.71. The largest absolute Gasteiger partial charge is 0.493 e. The number of ether oxygens (including phenoxy) is 2. The molecule has 2 aromatic carbocycles. The molecule has 0 aliphatic rings. The molecule has 0 saturated heterocycles. The number of aliphatic hydroxyl groups excluding tert-OH is 1. The first kappa shape index (κ1) is 18.6. The summed E-state index contributed by atoms with van der Waals surface area (Å²) >= 11 is 6.24. The number of benzene rings is 2. The van der Waals surface area contributed by atoms with Gasteiger partial charge in [-0.1, -0.05) is 29.8 Å².